The summed E-state index contributed by atoms with van der Waals surface area (Å²) < 4.78 is 19.4. The lowest BCUT2D eigenvalue weighted by atomic mass is 10.2. The van der Waals surface area contributed by atoms with E-state index in [9.17, 15) is 9.18 Å². The van der Waals surface area contributed by atoms with Gasteiger partial charge in [0.25, 0.3) is 0 Å². The highest BCUT2D eigenvalue weighted by Gasteiger charge is 2.09. The third kappa shape index (κ3) is 3.94. The largest absolute Gasteiger partial charge is 0.497 e. The smallest absolute Gasteiger partial charge is 0.309 e. The predicted molar refractivity (Wildman–Crippen MR) is 76.0 cm³/mol. The number of rotatable bonds is 6. The molecule has 2 aromatic rings. The van der Waals surface area contributed by atoms with Gasteiger partial charge in [0.05, 0.1) is 19.2 Å². The van der Waals surface area contributed by atoms with Crippen molar-refractivity contribution < 1.29 is 19.0 Å². The molecule has 0 unspecified atom stereocenters. The van der Waals surface area contributed by atoms with Crippen molar-refractivity contribution >= 4 is 29.1 Å². The second-order valence-corrected chi connectivity index (χ2v) is 6.00. The number of hydrogen-bond acceptors (Lipinski definition) is 5. The van der Waals surface area contributed by atoms with Crippen molar-refractivity contribution in [3.8, 4) is 5.75 Å². The summed E-state index contributed by atoms with van der Waals surface area (Å²) in [6, 6.07) is 4.72. The molecule has 0 aliphatic carbocycles. The molecule has 1 heterocycles. The van der Waals surface area contributed by atoms with Crippen LogP contribution in [0.2, 0.25) is 0 Å². The molecule has 106 valence electrons. The van der Waals surface area contributed by atoms with Gasteiger partial charge in [-0.3, -0.25) is 4.79 Å². The number of nitrogens with zero attached hydrogens (tertiary/aromatic N) is 1. The Morgan fingerprint density at radius 2 is 2.35 bits per heavy atom. The highest BCUT2D eigenvalue weighted by atomic mass is 32.2. The van der Waals surface area contributed by atoms with Gasteiger partial charge in [-0.15, -0.1) is 11.3 Å². The standard InChI is InChI=1S/C13H12FNO3S2/c1-18-10-3-2-8(11(14)5-10)6-19-13-15-9(7-20-13)4-12(16)17/h2-3,5,7H,4,6H2,1H3,(H,16,17). The first-order valence-corrected chi connectivity index (χ1v) is 7.56. The molecular formula is C13H12FNO3S2. The number of thiazole rings is 1. The Morgan fingerprint density at radius 1 is 1.55 bits per heavy atom. The zero-order valence-electron chi connectivity index (χ0n) is 10.6. The van der Waals surface area contributed by atoms with Crippen LogP contribution in [0.3, 0.4) is 0 Å². The van der Waals surface area contributed by atoms with E-state index < -0.39 is 5.97 Å². The van der Waals surface area contributed by atoms with Crippen LogP contribution in [0.4, 0.5) is 4.39 Å². The predicted octanol–water partition coefficient (Wildman–Crippen LogP) is 3.21. The van der Waals surface area contributed by atoms with Crippen LogP contribution >= 0.6 is 23.1 Å². The van der Waals surface area contributed by atoms with E-state index in [1.165, 1.54) is 36.3 Å². The topological polar surface area (TPSA) is 59.4 Å². The Hall–Kier alpha value is -1.60. The fourth-order valence-electron chi connectivity index (χ4n) is 1.50. The van der Waals surface area contributed by atoms with E-state index in [0.717, 1.165) is 4.34 Å². The van der Waals surface area contributed by atoms with Crippen LogP contribution in [0.25, 0.3) is 0 Å². The summed E-state index contributed by atoms with van der Waals surface area (Å²) in [5.74, 6) is -0.308. The van der Waals surface area contributed by atoms with E-state index in [2.05, 4.69) is 4.98 Å². The number of ether oxygens (including phenoxy) is 1. The lowest BCUT2D eigenvalue weighted by Crippen LogP contribution is -1.99. The molecular weight excluding hydrogens is 301 g/mol. The molecule has 2 rings (SSSR count). The zero-order valence-corrected chi connectivity index (χ0v) is 12.3. The van der Waals surface area contributed by atoms with Gasteiger partial charge in [0.1, 0.15) is 15.9 Å². The molecule has 0 amide bonds. The van der Waals surface area contributed by atoms with E-state index in [4.69, 9.17) is 9.84 Å². The molecule has 1 aromatic heterocycles. The number of carbonyl (C=O) groups is 1. The molecule has 0 aliphatic heterocycles. The lowest BCUT2D eigenvalue weighted by Gasteiger charge is -2.04. The SMILES string of the molecule is COc1ccc(CSc2nc(CC(=O)O)cs2)c(F)c1. The molecule has 0 fully saturated rings. The number of methoxy groups -OCH3 is 1. The van der Waals surface area contributed by atoms with Gasteiger partial charge in [-0.25, -0.2) is 9.37 Å². The number of aromatic nitrogens is 1. The molecule has 1 aromatic carbocycles. The van der Waals surface area contributed by atoms with Gasteiger partial charge in [0.15, 0.2) is 0 Å². The fraction of sp³-hybridized carbons (Fsp3) is 0.231. The first-order chi connectivity index (χ1) is 9.58. The summed E-state index contributed by atoms with van der Waals surface area (Å²) >= 11 is 2.75. The third-order valence-electron chi connectivity index (χ3n) is 2.47. The first kappa shape index (κ1) is 14.8. The lowest BCUT2D eigenvalue weighted by molar-refractivity contribution is -0.136. The summed E-state index contributed by atoms with van der Waals surface area (Å²) in [4.78, 5) is 14.7. The first-order valence-electron chi connectivity index (χ1n) is 5.70. The third-order valence-corrected chi connectivity index (χ3v) is 4.59. The molecule has 7 heteroatoms. The molecule has 0 spiro atoms. The van der Waals surface area contributed by atoms with Crippen LogP contribution in [-0.2, 0) is 17.0 Å². The highest BCUT2D eigenvalue weighted by molar-refractivity contribution is 8.00. The highest BCUT2D eigenvalue weighted by Crippen LogP contribution is 2.28. The van der Waals surface area contributed by atoms with Crippen molar-refractivity contribution in [2.75, 3.05) is 7.11 Å². The molecule has 20 heavy (non-hydrogen) atoms. The van der Waals surface area contributed by atoms with Crippen LogP contribution < -0.4 is 4.74 Å². The van der Waals surface area contributed by atoms with Crippen molar-refractivity contribution in [1.29, 1.82) is 0 Å². The van der Waals surface area contributed by atoms with Crippen LogP contribution in [0.5, 0.6) is 5.75 Å². The number of carboxylic acids is 1. The van der Waals surface area contributed by atoms with Gasteiger partial charge in [-0.2, -0.15) is 0 Å². The molecule has 0 radical (unpaired) electrons. The second kappa shape index (κ2) is 6.71. The van der Waals surface area contributed by atoms with Crippen molar-refractivity contribution in [2.24, 2.45) is 0 Å². The number of halogens is 1. The van der Waals surface area contributed by atoms with Gasteiger partial charge in [-0.1, -0.05) is 17.8 Å². The van der Waals surface area contributed by atoms with Crippen LogP contribution in [0.15, 0.2) is 27.9 Å². The minimum atomic E-state index is -0.909. The fourth-order valence-corrected chi connectivity index (χ4v) is 3.33. The second-order valence-electron chi connectivity index (χ2n) is 3.92. The van der Waals surface area contributed by atoms with Gasteiger partial charge in [0.2, 0.25) is 0 Å². The average molecular weight is 313 g/mol. The maximum atomic E-state index is 13.7. The van der Waals surface area contributed by atoms with E-state index in [1.54, 1.807) is 17.5 Å². The van der Waals surface area contributed by atoms with E-state index in [-0.39, 0.29) is 12.2 Å². The van der Waals surface area contributed by atoms with Crippen LogP contribution in [-0.4, -0.2) is 23.2 Å². The van der Waals surface area contributed by atoms with E-state index in [1.807, 2.05) is 0 Å². The van der Waals surface area contributed by atoms with E-state index in [0.29, 0.717) is 22.8 Å². The number of thioether (sulfide) groups is 1. The van der Waals surface area contributed by atoms with Crippen LogP contribution in [0, 0.1) is 5.82 Å². The van der Waals surface area contributed by atoms with Crippen LogP contribution in [0.1, 0.15) is 11.3 Å². The Bertz CT molecular complexity index is 615. The van der Waals surface area contributed by atoms with Gasteiger partial charge >= 0.3 is 5.97 Å². The molecule has 0 bridgehead atoms. The number of benzene rings is 1. The van der Waals surface area contributed by atoms with Gasteiger partial charge in [0, 0.05) is 17.2 Å². The average Bonchev–Trinajstić information content (AvgIpc) is 2.84. The number of carboxylic acid groups (broad SMARTS) is 1. The Balaban J connectivity index is 1.98. The number of hydrogen-bond donors (Lipinski definition) is 1. The normalized spacial score (nSPS) is 10.5. The molecule has 1 N–H and O–H groups in total. The Kier molecular flexibility index (Phi) is 4.97. The molecule has 0 atom stereocenters. The molecule has 4 nitrogen and oxygen atoms in total. The summed E-state index contributed by atoms with van der Waals surface area (Å²) in [6.45, 7) is 0. The maximum absolute atomic E-state index is 13.7. The molecule has 0 saturated heterocycles. The Labute approximate surface area is 123 Å². The molecule has 0 saturated carbocycles. The van der Waals surface area contributed by atoms with E-state index >= 15 is 0 Å². The summed E-state index contributed by atoms with van der Waals surface area (Å²) in [5.41, 5.74) is 1.09. The quantitative estimate of drug-likeness (QED) is 0.830. The van der Waals surface area contributed by atoms with Crippen molar-refractivity contribution in [1.82, 2.24) is 4.98 Å². The van der Waals surface area contributed by atoms with Crippen molar-refractivity contribution in [2.45, 2.75) is 16.5 Å². The number of aliphatic carboxylic acids is 1. The molecule has 0 aliphatic rings. The summed E-state index contributed by atoms with van der Waals surface area (Å²) in [7, 11) is 1.49. The summed E-state index contributed by atoms with van der Waals surface area (Å²) in [6.07, 6.45) is -0.0893. The van der Waals surface area contributed by atoms with Gasteiger partial charge < -0.3 is 9.84 Å². The monoisotopic (exact) mass is 313 g/mol. The summed E-state index contributed by atoms with van der Waals surface area (Å²) in [5, 5.41) is 10.4. The minimum Gasteiger partial charge on any atom is -0.497 e. The zero-order chi connectivity index (χ0) is 14.5. The van der Waals surface area contributed by atoms with Crippen molar-refractivity contribution in [3.05, 3.63) is 40.7 Å². The van der Waals surface area contributed by atoms with Crippen molar-refractivity contribution in [3.63, 3.8) is 0 Å². The Morgan fingerprint density at radius 3 is 3.00 bits per heavy atom. The van der Waals surface area contributed by atoms with Gasteiger partial charge in [-0.05, 0) is 11.6 Å². The maximum Gasteiger partial charge on any atom is 0.309 e. The minimum absolute atomic E-state index is 0.0893.